The molecule has 0 saturated heterocycles. The standard InChI is InChI=1S/C17H15ClFNO3.2CH2O/c1-10-7-12(3-4-13(10)9-23-11(2)21)17(22)20-14-5-6-16(19)15(18)8-14;2*1-2/h3-8H,9H2,1-2H3,(H,20,22);2*1H2. The van der Waals surface area contributed by atoms with E-state index in [1.807, 2.05) is 20.5 Å². The topological polar surface area (TPSA) is 89.5 Å². The smallest absolute Gasteiger partial charge is 0.302 e. The number of rotatable bonds is 4. The third-order valence-electron chi connectivity index (χ3n) is 3.21. The first kappa shape index (κ1) is 23.9. The monoisotopic (exact) mass is 395 g/mol. The first-order valence-electron chi connectivity index (χ1n) is 7.44. The summed E-state index contributed by atoms with van der Waals surface area (Å²) >= 11 is 5.68. The van der Waals surface area contributed by atoms with Crippen LogP contribution >= 0.6 is 11.6 Å². The maximum absolute atomic E-state index is 13.1. The minimum absolute atomic E-state index is 0.0595. The molecule has 0 heterocycles. The zero-order valence-corrected chi connectivity index (χ0v) is 15.6. The molecule has 27 heavy (non-hydrogen) atoms. The van der Waals surface area contributed by atoms with Crippen LogP contribution in [0.1, 0.15) is 28.4 Å². The van der Waals surface area contributed by atoms with Crippen LogP contribution in [0.2, 0.25) is 5.02 Å². The van der Waals surface area contributed by atoms with E-state index in [1.165, 1.54) is 25.1 Å². The summed E-state index contributed by atoms with van der Waals surface area (Å²) in [7, 11) is 0. The molecule has 8 heteroatoms. The minimum Gasteiger partial charge on any atom is -0.461 e. The van der Waals surface area contributed by atoms with E-state index in [0.717, 1.165) is 11.1 Å². The fourth-order valence-corrected chi connectivity index (χ4v) is 2.14. The number of hydrogen-bond acceptors (Lipinski definition) is 5. The van der Waals surface area contributed by atoms with Crippen LogP contribution in [0.3, 0.4) is 0 Å². The van der Waals surface area contributed by atoms with E-state index in [0.29, 0.717) is 11.3 Å². The number of benzene rings is 2. The van der Waals surface area contributed by atoms with Crippen molar-refractivity contribution in [3.63, 3.8) is 0 Å². The number of carbonyl (C=O) groups is 4. The molecule has 0 aliphatic rings. The van der Waals surface area contributed by atoms with Gasteiger partial charge < -0.3 is 19.6 Å². The molecule has 2 aromatic rings. The number of esters is 1. The number of aryl methyl sites for hydroxylation is 1. The van der Waals surface area contributed by atoms with Crippen molar-refractivity contribution in [2.24, 2.45) is 0 Å². The third kappa shape index (κ3) is 7.79. The molecule has 6 nitrogen and oxygen atoms in total. The summed E-state index contributed by atoms with van der Waals surface area (Å²) in [6, 6.07) is 9.01. The van der Waals surface area contributed by atoms with Gasteiger partial charge in [0.1, 0.15) is 26.0 Å². The zero-order chi connectivity index (χ0) is 21.0. The Labute approximate surface area is 161 Å². The number of carbonyl (C=O) groups excluding carboxylic acids is 4. The summed E-state index contributed by atoms with van der Waals surface area (Å²) in [5.41, 5.74) is 2.50. The predicted octanol–water partition coefficient (Wildman–Crippen LogP) is 3.73. The van der Waals surface area contributed by atoms with Gasteiger partial charge in [0, 0.05) is 18.2 Å². The Kier molecular flexibility index (Phi) is 10.9. The first-order chi connectivity index (χ1) is 12.9. The largest absolute Gasteiger partial charge is 0.461 e. The van der Waals surface area contributed by atoms with Gasteiger partial charge in [-0.1, -0.05) is 17.7 Å². The molecule has 1 amide bonds. The minimum atomic E-state index is -0.546. The van der Waals surface area contributed by atoms with Crippen molar-refractivity contribution in [1.29, 1.82) is 0 Å². The second kappa shape index (κ2) is 12.3. The zero-order valence-electron chi connectivity index (χ0n) is 14.9. The first-order valence-corrected chi connectivity index (χ1v) is 7.81. The lowest BCUT2D eigenvalue weighted by atomic mass is 10.1. The summed E-state index contributed by atoms with van der Waals surface area (Å²) in [5.74, 6) is -1.25. The lowest BCUT2D eigenvalue weighted by Crippen LogP contribution is -2.12. The SMILES string of the molecule is C=O.C=O.CC(=O)OCc1ccc(C(=O)Nc2ccc(F)c(Cl)c2)cc1C. The molecular weight excluding hydrogens is 377 g/mol. The summed E-state index contributed by atoms with van der Waals surface area (Å²) in [6.07, 6.45) is 0. The second-order valence-electron chi connectivity index (χ2n) is 5.00. The van der Waals surface area contributed by atoms with Crippen molar-refractivity contribution in [2.75, 3.05) is 5.32 Å². The summed E-state index contributed by atoms with van der Waals surface area (Å²) in [5, 5.41) is 2.59. The summed E-state index contributed by atoms with van der Waals surface area (Å²) < 4.78 is 18.0. The Bertz CT molecular complexity index is 796. The fraction of sp³-hybridized carbons (Fsp3) is 0.158. The van der Waals surface area contributed by atoms with Crippen LogP contribution in [-0.4, -0.2) is 25.5 Å². The van der Waals surface area contributed by atoms with Gasteiger partial charge in [0.05, 0.1) is 5.02 Å². The average Bonchev–Trinajstić information content (AvgIpc) is 2.66. The molecule has 0 aromatic heterocycles. The number of halogens is 2. The Hall–Kier alpha value is -3.06. The Morgan fingerprint density at radius 3 is 2.26 bits per heavy atom. The van der Waals surface area contributed by atoms with E-state index in [9.17, 15) is 14.0 Å². The van der Waals surface area contributed by atoms with Crippen LogP contribution in [0.4, 0.5) is 10.1 Å². The highest BCUT2D eigenvalue weighted by Crippen LogP contribution is 2.20. The molecule has 0 fully saturated rings. The van der Waals surface area contributed by atoms with Crippen molar-refractivity contribution >= 4 is 42.7 Å². The molecule has 0 saturated carbocycles. The highest BCUT2D eigenvalue weighted by molar-refractivity contribution is 6.31. The van der Waals surface area contributed by atoms with Crippen LogP contribution in [0.5, 0.6) is 0 Å². The molecule has 0 aliphatic carbocycles. The molecule has 0 unspecified atom stereocenters. The van der Waals surface area contributed by atoms with Crippen LogP contribution < -0.4 is 5.32 Å². The number of hydrogen-bond donors (Lipinski definition) is 1. The van der Waals surface area contributed by atoms with Crippen LogP contribution in [0.15, 0.2) is 36.4 Å². The van der Waals surface area contributed by atoms with Gasteiger partial charge >= 0.3 is 5.97 Å². The van der Waals surface area contributed by atoms with Crippen molar-refractivity contribution in [3.05, 3.63) is 63.9 Å². The van der Waals surface area contributed by atoms with Gasteiger partial charge in [-0.3, -0.25) is 9.59 Å². The van der Waals surface area contributed by atoms with E-state index in [-0.39, 0.29) is 23.5 Å². The number of anilines is 1. The van der Waals surface area contributed by atoms with E-state index >= 15 is 0 Å². The van der Waals surface area contributed by atoms with Gasteiger partial charge in [-0.05, 0) is 48.4 Å². The number of nitrogens with one attached hydrogen (secondary N) is 1. The molecule has 0 atom stereocenters. The normalized spacial score (nSPS) is 9.04. The maximum atomic E-state index is 13.1. The fourth-order valence-electron chi connectivity index (χ4n) is 1.96. The van der Waals surface area contributed by atoms with E-state index < -0.39 is 5.82 Å². The van der Waals surface area contributed by atoms with Gasteiger partial charge in [-0.15, -0.1) is 0 Å². The molecular formula is C19H19ClFNO5. The number of amides is 1. The van der Waals surface area contributed by atoms with Crippen LogP contribution in [0, 0.1) is 12.7 Å². The van der Waals surface area contributed by atoms with Crippen molar-refractivity contribution in [2.45, 2.75) is 20.5 Å². The number of ether oxygens (including phenoxy) is 1. The highest BCUT2D eigenvalue weighted by atomic mass is 35.5. The molecule has 0 radical (unpaired) electrons. The molecule has 144 valence electrons. The Balaban J connectivity index is 0.00000158. The molecule has 2 aromatic carbocycles. The molecule has 1 N–H and O–H groups in total. The molecule has 0 spiro atoms. The summed E-state index contributed by atoms with van der Waals surface area (Å²) in [4.78, 5) is 39.0. The second-order valence-corrected chi connectivity index (χ2v) is 5.41. The molecule has 2 rings (SSSR count). The van der Waals surface area contributed by atoms with Gasteiger partial charge in [0.15, 0.2) is 0 Å². The average molecular weight is 396 g/mol. The summed E-state index contributed by atoms with van der Waals surface area (Å²) in [6.45, 7) is 7.33. The van der Waals surface area contributed by atoms with Gasteiger partial charge in [-0.2, -0.15) is 0 Å². The Morgan fingerprint density at radius 2 is 1.74 bits per heavy atom. The quantitative estimate of drug-likeness (QED) is 0.796. The van der Waals surface area contributed by atoms with Gasteiger partial charge in [0.25, 0.3) is 5.91 Å². The maximum Gasteiger partial charge on any atom is 0.302 e. The lowest BCUT2D eigenvalue weighted by Gasteiger charge is -2.10. The van der Waals surface area contributed by atoms with Crippen molar-refractivity contribution in [3.8, 4) is 0 Å². The Morgan fingerprint density at radius 1 is 1.11 bits per heavy atom. The third-order valence-corrected chi connectivity index (χ3v) is 3.50. The van der Waals surface area contributed by atoms with Gasteiger partial charge in [-0.25, -0.2) is 4.39 Å². The van der Waals surface area contributed by atoms with Crippen LogP contribution in [0.25, 0.3) is 0 Å². The molecule has 0 aliphatic heterocycles. The lowest BCUT2D eigenvalue weighted by molar-refractivity contribution is -0.142. The van der Waals surface area contributed by atoms with Gasteiger partial charge in [0.2, 0.25) is 0 Å². The molecule has 0 bridgehead atoms. The predicted molar refractivity (Wildman–Crippen MR) is 100 cm³/mol. The van der Waals surface area contributed by atoms with Crippen molar-refractivity contribution < 1.29 is 28.3 Å². The van der Waals surface area contributed by atoms with E-state index in [1.54, 1.807) is 18.2 Å². The highest BCUT2D eigenvalue weighted by Gasteiger charge is 2.10. The van der Waals surface area contributed by atoms with Crippen LogP contribution in [-0.2, 0) is 25.7 Å². The van der Waals surface area contributed by atoms with Crippen molar-refractivity contribution in [1.82, 2.24) is 0 Å². The van der Waals surface area contributed by atoms with E-state index in [2.05, 4.69) is 5.32 Å². The van der Waals surface area contributed by atoms with E-state index in [4.69, 9.17) is 25.9 Å².